The lowest BCUT2D eigenvalue weighted by Gasteiger charge is -2.20. The molecular formula is C37H42O6S. The zero-order chi connectivity index (χ0) is 29.9. The summed E-state index contributed by atoms with van der Waals surface area (Å²) < 4.78 is 35.0. The fraction of sp³-hybridized carbons (Fsp3) is 0.459. The van der Waals surface area contributed by atoms with Crippen LogP contribution >= 0.6 is 11.8 Å². The first kappa shape index (κ1) is 29.7. The highest BCUT2D eigenvalue weighted by atomic mass is 32.2. The fourth-order valence-corrected chi connectivity index (χ4v) is 7.09. The lowest BCUT2D eigenvalue weighted by Crippen LogP contribution is -2.08. The van der Waals surface area contributed by atoms with Crippen molar-refractivity contribution in [2.24, 2.45) is 5.92 Å². The van der Waals surface area contributed by atoms with E-state index in [1.54, 1.807) is 0 Å². The van der Waals surface area contributed by atoms with E-state index >= 15 is 0 Å². The predicted octanol–water partition coefficient (Wildman–Crippen LogP) is 7.84. The second-order valence-electron chi connectivity index (χ2n) is 12.2. The number of thioether (sulfide) groups is 1. The summed E-state index contributed by atoms with van der Waals surface area (Å²) in [7, 11) is 0. The van der Waals surface area contributed by atoms with Crippen molar-refractivity contribution in [3.05, 3.63) is 71.8 Å². The molecule has 0 spiro atoms. The summed E-state index contributed by atoms with van der Waals surface area (Å²) in [4.78, 5) is 1.32. The molecule has 0 bridgehead atoms. The Labute approximate surface area is 264 Å². The second kappa shape index (κ2) is 13.6. The van der Waals surface area contributed by atoms with E-state index in [1.165, 1.54) is 51.4 Å². The molecule has 7 rings (SSSR count). The number of epoxide rings is 3. The number of ether oxygens (including phenoxy) is 6. The predicted molar refractivity (Wildman–Crippen MR) is 176 cm³/mol. The van der Waals surface area contributed by atoms with Crippen LogP contribution in [-0.2, 0) is 20.6 Å². The van der Waals surface area contributed by atoms with Crippen LogP contribution in [0.1, 0.15) is 44.2 Å². The van der Waals surface area contributed by atoms with Crippen LogP contribution in [0.25, 0.3) is 21.5 Å². The van der Waals surface area contributed by atoms with Crippen LogP contribution in [0.2, 0.25) is 0 Å². The molecule has 0 saturated carbocycles. The third kappa shape index (κ3) is 7.45. The molecule has 7 heteroatoms. The quantitative estimate of drug-likeness (QED) is 0.0887. The van der Waals surface area contributed by atoms with Crippen LogP contribution in [0, 0.1) is 5.92 Å². The Bertz CT molecular complexity index is 1590. The average Bonchev–Trinajstić information content (AvgIpc) is 3.90. The molecule has 232 valence electrons. The Balaban J connectivity index is 1.30. The first-order chi connectivity index (χ1) is 21.7. The molecule has 4 unspecified atom stereocenters. The fourth-order valence-electron chi connectivity index (χ4n) is 5.75. The molecule has 0 N–H and O–H groups in total. The minimum Gasteiger partial charge on any atom is -0.491 e. The molecule has 0 aliphatic carbocycles. The van der Waals surface area contributed by atoms with Crippen molar-refractivity contribution in [3.63, 3.8) is 0 Å². The van der Waals surface area contributed by atoms with Crippen LogP contribution in [0.4, 0.5) is 0 Å². The molecule has 0 aromatic heterocycles. The zero-order valence-electron chi connectivity index (χ0n) is 25.7. The minimum absolute atomic E-state index is 0.176. The smallest absolute Gasteiger partial charge is 0.123 e. The standard InChI is InChI=1S/C37H42O6S/c1-3-5-24(4-2)23-44-37-13-9-26-7-11-28(39-18-30-20-41-30)15-33(26)35(37)16-34-32-14-27(38-17-29-19-40-29)10-6-25(32)8-12-36(34)43-22-31-21-42-31/h6-15,24,29-31H,3-5,16-23H2,1-2H3. The van der Waals surface area contributed by atoms with Crippen LogP contribution in [0.15, 0.2) is 65.6 Å². The molecule has 44 heavy (non-hydrogen) atoms. The third-order valence-corrected chi connectivity index (χ3v) is 10.1. The van der Waals surface area contributed by atoms with Crippen LogP contribution < -0.4 is 14.2 Å². The summed E-state index contributed by atoms with van der Waals surface area (Å²) in [6, 6.07) is 21.7. The summed E-state index contributed by atoms with van der Waals surface area (Å²) in [5.74, 6) is 4.45. The van der Waals surface area contributed by atoms with Crippen molar-refractivity contribution < 1.29 is 28.4 Å². The van der Waals surface area contributed by atoms with Crippen molar-refractivity contribution in [2.45, 2.75) is 62.7 Å². The topological polar surface area (TPSA) is 65.3 Å². The first-order valence-electron chi connectivity index (χ1n) is 16.1. The van der Waals surface area contributed by atoms with Gasteiger partial charge < -0.3 is 28.4 Å². The van der Waals surface area contributed by atoms with Gasteiger partial charge in [-0.15, -0.1) is 11.8 Å². The highest BCUT2D eigenvalue weighted by Crippen LogP contribution is 2.40. The largest absolute Gasteiger partial charge is 0.491 e. The number of hydrogen-bond donors (Lipinski definition) is 0. The molecule has 4 atom stereocenters. The highest BCUT2D eigenvalue weighted by molar-refractivity contribution is 7.99. The molecule has 3 aliphatic heterocycles. The van der Waals surface area contributed by atoms with Crippen LogP contribution in [0.3, 0.4) is 0 Å². The van der Waals surface area contributed by atoms with Gasteiger partial charge >= 0.3 is 0 Å². The van der Waals surface area contributed by atoms with Crippen molar-refractivity contribution in [3.8, 4) is 17.2 Å². The summed E-state index contributed by atoms with van der Waals surface area (Å²) >= 11 is 1.99. The van der Waals surface area contributed by atoms with Gasteiger partial charge in [0.2, 0.25) is 0 Å². The summed E-state index contributed by atoms with van der Waals surface area (Å²) in [6.45, 7) is 8.64. The molecule has 0 radical (unpaired) electrons. The average molecular weight is 615 g/mol. The highest BCUT2D eigenvalue weighted by Gasteiger charge is 2.26. The first-order valence-corrected chi connectivity index (χ1v) is 17.1. The van der Waals surface area contributed by atoms with Gasteiger partial charge in [-0.1, -0.05) is 51.0 Å². The third-order valence-electron chi connectivity index (χ3n) is 8.73. The molecule has 6 nitrogen and oxygen atoms in total. The second-order valence-corrected chi connectivity index (χ2v) is 13.3. The van der Waals surface area contributed by atoms with Crippen molar-refractivity contribution >= 4 is 33.3 Å². The van der Waals surface area contributed by atoms with E-state index in [2.05, 4.69) is 74.5 Å². The van der Waals surface area contributed by atoms with E-state index in [9.17, 15) is 0 Å². The van der Waals surface area contributed by atoms with Crippen molar-refractivity contribution in [1.29, 1.82) is 0 Å². The van der Waals surface area contributed by atoms with E-state index in [4.69, 9.17) is 28.4 Å². The zero-order valence-corrected chi connectivity index (χ0v) is 26.5. The van der Waals surface area contributed by atoms with Gasteiger partial charge in [0.1, 0.15) is 55.4 Å². The van der Waals surface area contributed by atoms with Gasteiger partial charge in [0.05, 0.1) is 19.8 Å². The molecule has 3 saturated heterocycles. The maximum absolute atomic E-state index is 6.45. The van der Waals surface area contributed by atoms with Crippen LogP contribution in [-0.4, -0.2) is 63.7 Å². The van der Waals surface area contributed by atoms with Gasteiger partial charge in [-0.2, -0.15) is 0 Å². The summed E-state index contributed by atoms with van der Waals surface area (Å²) in [6.07, 6.45) is 4.99. The Morgan fingerprint density at radius 1 is 0.705 bits per heavy atom. The number of benzene rings is 4. The van der Waals surface area contributed by atoms with Gasteiger partial charge in [0.15, 0.2) is 0 Å². The monoisotopic (exact) mass is 614 g/mol. The van der Waals surface area contributed by atoms with Crippen molar-refractivity contribution in [2.75, 3.05) is 45.4 Å². The van der Waals surface area contributed by atoms with Crippen LogP contribution in [0.5, 0.6) is 17.2 Å². The van der Waals surface area contributed by atoms with Gasteiger partial charge in [-0.3, -0.25) is 0 Å². The van der Waals surface area contributed by atoms with E-state index < -0.39 is 0 Å². The lowest BCUT2D eigenvalue weighted by atomic mass is 9.94. The van der Waals surface area contributed by atoms with E-state index in [0.717, 1.165) is 54.6 Å². The van der Waals surface area contributed by atoms with Gasteiger partial charge in [0, 0.05) is 22.6 Å². The number of fused-ring (bicyclic) bond motifs is 2. The molecule has 3 aliphatic rings. The maximum atomic E-state index is 6.45. The Kier molecular flexibility index (Phi) is 9.17. The van der Waals surface area contributed by atoms with E-state index in [0.29, 0.717) is 25.7 Å². The SMILES string of the molecule is CCCC(CC)CSc1ccc2ccc(OCC3CO3)cc2c1Cc1c(OCC2CO2)ccc2ccc(OCC3CO3)cc12. The van der Waals surface area contributed by atoms with Gasteiger partial charge in [-0.25, -0.2) is 0 Å². The molecule has 0 amide bonds. The van der Waals surface area contributed by atoms with Gasteiger partial charge in [0.25, 0.3) is 0 Å². The Morgan fingerprint density at radius 3 is 1.82 bits per heavy atom. The van der Waals surface area contributed by atoms with Crippen molar-refractivity contribution in [1.82, 2.24) is 0 Å². The maximum Gasteiger partial charge on any atom is 0.123 e. The van der Waals surface area contributed by atoms with Gasteiger partial charge in [-0.05, 0) is 75.8 Å². The summed E-state index contributed by atoms with van der Waals surface area (Å²) in [5.41, 5.74) is 2.48. The number of hydrogen-bond acceptors (Lipinski definition) is 7. The Morgan fingerprint density at radius 2 is 1.25 bits per heavy atom. The van der Waals surface area contributed by atoms with E-state index in [1.807, 2.05) is 11.8 Å². The number of rotatable bonds is 17. The minimum atomic E-state index is 0.176. The molecular weight excluding hydrogens is 572 g/mol. The molecule has 4 aromatic carbocycles. The summed E-state index contributed by atoms with van der Waals surface area (Å²) in [5, 5.41) is 4.75. The Hall–Kier alpha value is -2.97. The normalized spacial score (nSPS) is 20.9. The lowest BCUT2D eigenvalue weighted by molar-refractivity contribution is 0.261. The molecule has 4 aromatic rings. The molecule has 3 heterocycles. The van der Waals surface area contributed by atoms with E-state index in [-0.39, 0.29) is 18.3 Å². The molecule has 3 fully saturated rings.